The van der Waals surface area contributed by atoms with Gasteiger partial charge in [0.2, 0.25) is 0 Å². The van der Waals surface area contributed by atoms with E-state index < -0.39 is 10.1 Å². The normalized spacial score (nSPS) is 16.0. The highest BCUT2D eigenvalue weighted by Crippen LogP contribution is 2.31. The van der Waals surface area contributed by atoms with Crippen molar-refractivity contribution in [3.05, 3.63) is 23.8 Å². The quantitative estimate of drug-likeness (QED) is 0.751. The highest BCUT2D eigenvalue weighted by Gasteiger charge is 2.24. The molecule has 0 radical (unpaired) electrons. The van der Waals surface area contributed by atoms with Crippen LogP contribution in [0.15, 0.2) is 18.2 Å². The van der Waals surface area contributed by atoms with Gasteiger partial charge in [-0.15, -0.1) is 0 Å². The fraction of sp³-hybridized carbons (Fsp3) is 0.562. The first-order chi connectivity index (χ1) is 10.5. The highest BCUT2D eigenvalue weighted by molar-refractivity contribution is 7.87. The van der Waals surface area contributed by atoms with Crippen LogP contribution >= 0.6 is 0 Å². The molecule has 1 aliphatic carbocycles. The summed E-state index contributed by atoms with van der Waals surface area (Å²) in [4.78, 5) is 0. The topological polar surface area (TPSA) is 76.4 Å². The third-order valence-electron chi connectivity index (χ3n) is 3.75. The van der Waals surface area contributed by atoms with E-state index in [1.807, 2.05) is 6.07 Å². The standard InChI is InChI=1S/C16H21NO4S/c1-2-20-16-10-14(11-17)8-9-15(16)21-22(18,19)12-13-6-4-3-5-7-13/h8-10,13H,2-7,12H2,1H3. The third-order valence-corrected chi connectivity index (χ3v) is 5.07. The first kappa shape index (κ1) is 16.6. The predicted molar refractivity (Wildman–Crippen MR) is 83.3 cm³/mol. The Labute approximate surface area is 132 Å². The molecule has 0 bridgehead atoms. The fourth-order valence-electron chi connectivity index (χ4n) is 2.73. The molecule has 1 fully saturated rings. The lowest BCUT2D eigenvalue weighted by atomic mass is 9.91. The number of ether oxygens (including phenoxy) is 1. The van der Waals surface area contributed by atoms with Crippen molar-refractivity contribution < 1.29 is 17.3 Å². The Kier molecular flexibility index (Phi) is 5.67. The van der Waals surface area contributed by atoms with E-state index in [9.17, 15) is 8.42 Å². The average Bonchev–Trinajstić information content (AvgIpc) is 2.49. The molecule has 2 rings (SSSR count). The Morgan fingerprint density at radius 3 is 2.59 bits per heavy atom. The van der Waals surface area contributed by atoms with Crippen LogP contribution in [0.4, 0.5) is 0 Å². The molecular weight excluding hydrogens is 302 g/mol. The van der Waals surface area contributed by atoms with Gasteiger partial charge < -0.3 is 8.92 Å². The molecular formula is C16H21NO4S. The number of nitrogens with zero attached hydrogens (tertiary/aromatic N) is 1. The Balaban J connectivity index is 2.12. The van der Waals surface area contributed by atoms with Gasteiger partial charge in [0.05, 0.1) is 24.0 Å². The Hall–Kier alpha value is -1.74. The van der Waals surface area contributed by atoms with E-state index >= 15 is 0 Å². The molecule has 1 aliphatic rings. The van der Waals surface area contributed by atoms with Gasteiger partial charge in [0.15, 0.2) is 11.5 Å². The molecule has 120 valence electrons. The summed E-state index contributed by atoms with van der Waals surface area (Å²) in [7, 11) is -3.66. The van der Waals surface area contributed by atoms with Gasteiger partial charge in [0.1, 0.15) is 0 Å². The first-order valence-electron chi connectivity index (χ1n) is 7.63. The molecule has 0 heterocycles. The van der Waals surface area contributed by atoms with Crippen molar-refractivity contribution in [2.75, 3.05) is 12.4 Å². The van der Waals surface area contributed by atoms with Crippen molar-refractivity contribution in [3.63, 3.8) is 0 Å². The van der Waals surface area contributed by atoms with Crippen LogP contribution in [0.25, 0.3) is 0 Å². The molecule has 1 saturated carbocycles. The molecule has 5 nitrogen and oxygen atoms in total. The molecule has 0 spiro atoms. The second kappa shape index (κ2) is 7.50. The Bertz CT molecular complexity index is 643. The average molecular weight is 323 g/mol. The maximum atomic E-state index is 12.2. The van der Waals surface area contributed by atoms with Crippen molar-refractivity contribution in [1.29, 1.82) is 5.26 Å². The van der Waals surface area contributed by atoms with Crippen molar-refractivity contribution in [3.8, 4) is 17.6 Å². The summed E-state index contributed by atoms with van der Waals surface area (Å²) in [6, 6.07) is 6.49. The van der Waals surface area contributed by atoms with Crippen LogP contribution in [0.2, 0.25) is 0 Å². The molecule has 6 heteroatoms. The molecule has 0 saturated heterocycles. The van der Waals surface area contributed by atoms with E-state index in [1.165, 1.54) is 24.6 Å². The second-order valence-electron chi connectivity index (χ2n) is 5.52. The summed E-state index contributed by atoms with van der Waals surface area (Å²) in [5.41, 5.74) is 0.403. The predicted octanol–water partition coefficient (Wildman–Crippen LogP) is 3.25. The lowest BCUT2D eigenvalue weighted by Gasteiger charge is -2.21. The summed E-state index contributed by atoms with van der Waals surface area (Å²) >= 11 is 0. The van der Waals surface area contributed by atoms with Crippen LogP contribution in [-0.4, -0.2) is 20.8 Å². The largest absolute Gasteiger partial charge is 0.490 e. The highest BCUT2D eigenvalue weighted by atomic mass is 32.2. The van der Waals surface area contributed by atoms with Gasteiger partial charge in [-0.05, 0) is 37.8 Å². The zero-order chi connectivity index (χ0) is 16.0. The van der Waals surface area contributed by atoms with Gasteiger partial charge >= 0.3 is 10.1 Å². The number of nitriles is 1. The van der Waals surface area contributed by atoms with Crippen LogP contribution < -0.4 is 8.92 Å². The molecule has 0 amide bonds. The van der Waals surface area contributed by atoms with Gasteiger partial charge in [-0.3, -0.25) is 0 Å². The van der Waals surface area contributed by atoms with E-state index in [0.29, 0.717) is 12.2 Å². The van der Waals surface area contributed by atoms with Crippen molar-refractivity contribution >= 4 is 10.1 Å². The maximum absolute atomic E-state index is 12.2. The molecule has 0 N–H and O–H groups in total. The zero-order valence-electron chi connectivity index (χ0n) is 12.7. The second-order valence-corrected chi connectivity index (χ2v) is 7.13. The van der Waals surface area contributed by atoms with Crippen LogP contribution in [0.3, 0.4) is 0 Å². The van der Waals surface area contributed by atoms with E-state index in [4.69, 9.17) is 14.2 Å². The van der Waals surface area contributed by atoms with Crippen molar-refractivity contribution in [2.24, 2.45) is 5.92 Å². The Morgan fingerprint density at radius 2 is 1.95 bits per heavy atom. The molecule has 0 aliphatic heterocycles. The third kappa shape index (κ3) is 4.63. The SMILES string of the molecule is CCOc1cc(C#N)ccc1OS(=O)(=O)CC1CCCCC1. The van der Waals surface area contributed by atoms with Gasteiger partial charge in [-0.25, -0.2) is 0 Å². The van der Waals surface area contributed by atoms with Crippen LogP contribution in [0.1, 0.15) is 44.6 Å². The van der Waals surface area contributed by atoms with Crippen LogP contribution in [0.5, 0.6) is 11.5 Å². The summed E-state index contributed by atoms with van der Waals surface area (Å²) in [6.45, 7) is 2.16. The molecule has 0 atom stereocenters. The summed E-state index contributed by atoms with van der Waals surface area (Å²) in [6.07, 6.45) is 5.23. The number of rotatable bonds is 6. The van der Waals surface area contributed by atoms with Gasteiger partial charge in [0.25, 0.3) is 0 Å². The monoisotopic (exact) mass is 323 g/mol. The zero-order valence-corrected chi connectivity index (χ0v) is 13.6. The fourth-order valence-corrected chi connectivity index (χ4v) is 4.12. The summed E-state index contributed by atoms with van der Waals surface area (Å²) in [5, 5.41) is 8.91. The van der Waals surface area contributed by atoms with Crippen LogP contribution in [-0.2, 0) is 10.1 Å². The minimum atomic E-state index is -3.66. The maximum Gasteiger partial charge on any atom is 0.309 e. The van der Waals surface area contributed by atoms with Gasteiger partial charge in [0, 0.05) is 6.07 Å². The van der Waals surface area contributed by atoms with E-state index in [2.05, 4.69) is 0 Å². The Morgan fingerprint density at radius 1 is 1.23 bits per heavy atom. The van der Waals surface area contributed by atoms with Gasteiger partial charge in [-0.1, -0.05) is 19.3 Å². The minimum Gasteiger partial charge on any atom is -0.490 e. The molecule has 0 aromatic heterocycles. The molecule has 0 unspecified atom stereocenters. The lowest BCUT2D eigenvalue weighted by molar-refractivity contribution is 0.325. The summed E-state index contributed by atoms with van der Waals surface area (Å²) < 4.78 is 35.1. The van der Waals surface area contributed by atoms with Crippen molar-refractivity contribution in [2.45, 2.75) is 39.0 Å². The lowest BCUT2D eigenvalue weighted by Crippen LogP contribution is -2.22. The van der Waals surface area contributed by atoms with Gasteiger partial charge in [-0.2, -0.15) is 13.7 Å². The minimum absolute atomic E-state index is 0.0402. The molecule has 1 aromatic rings. The van der Waals surface area contributed by atoms with E-state index in [0.717, 1.165) is 25.7 Å². The first-order valence-corrected chi connectivity index (χ1v) is 9.21. The number of hydrogen-bond donors (Lipinski definition) is 0. The van der Waals surface area contributed by atoms with E-state index in [-0.39, 0.29) is 23.2 Å². The summed E-state index contributed by atoms with van der Waals surface area (Å²) in [5.74, 6) is 0.650. The molecule has 22 heavy (non-hydrogen) atoms. The van der Waals surface area contributed by atoms with Crippen LogP contribution in [0, 0.1) is 17.2 Å². The van der Waals surface area contributed by atoms with E-state index in [1.54, 1.807) is 6.92 Å². The number of benzene rings is 1. The smallest absolute Gasteiger partial charge is 0.309 e. The number of hydrogen-bond acceptors (Lipinski definition) is 5. The molecule has 1 aromatic carbocycles. The van der Waals surface area contributed by atoms with Crippen molar-refractivity contribution in [1.82, 2.24) is 0 Å².